The van der Waals surface area contributed by atoms with Crippen LogP contribution in [0, 0.1) is 16.0 Å². The van der Waals surface area contributed by atoms with Gasteiger partial charge in [-0.05, 0) is 37.1 Å². The van der Waals surface area contributed by atoms with Crippen molar-refractivity contribution < 1.29 is 27.6 Å². The van der Waals surface area contributed by atoms with Gasteiger partial charge in [0.15, 0.2) is 0 Å². The maximum absolute atomic E-state index is 12.9. The molecule has 1 aliphatic heterocycles. The Morgan fingerprint density at radius 2 is 1.84 bits per heavy atom. The molecule has 1 amide bonds. The van der Waals surface area contributed by atoms with Crippen molar-refractivity contribution in [3.8, 4) is 5.75 Å². The first kappa shape index (κ1) is 22.4. The molecule has 0 unspecified atom stereocenters. The second-order valence-corrected chi connectivity index (χ2v) is 7.17. The number of para-hydroxylation sites is 1. The Kier molecular flexibility index (Phi) is 6.98. The second kappa shape index (κ2) is 9.67. The van der Waals surface area contributed by atoms with Crippen LogP contribution < -0.4 is 15.0 Å². The smallest absolute Gasteiger partial charge is 0.416 e. The van der Waals surface area contributed by atoms with Gasteiger partial charge in [0.2, 0.25) is 5.91 Å². The summed E-state index contributed by atoms with van der Waals surface area (Å²) in [4.78, 5) is 24.5. The van der Waals surface area contributed by atoms with E-state index in [0.717, 1.165) is 12.1 Å². The molecule has 1 N–H and O–H groups in total. The van der Waals surface area contributed by atoms with Gasteiger partial charge in [-0.3, -0.25) is 14.9 Å². The molecule has 0 aromatic heterocycles. The minimum atomic E-state index is -4.65. The third-order valence-electron chi connectivity index (χ3n) is 5.12. The van der Waals surface area contributed by atoms with Crippen LogP contribution in [-0.4, -0.2) is 37.1 Å². The summed E-state index contributed by atoms with van der Waals surface area (Å²) in [6.07, 6.45) is -3.76. The highest BCUT2D eigenvalue weighted by molar-refractivity contribution is 5.79. The van der Waals surface area contributed by atoms with Crippen molar-refractivity contribution in [3.63, 3.8) is 0 Å². The molecule has 0 saturated carbocycles. The summed E-state index contributed by atoms with van der Waals surface area (Å²) < 4.78 is 44.2. The Bertz CT molecular complexity index is 914. The highest BCUT2D eigenvalue weighted by Gasteiger charge is 2.34. The number of nitro groups is 1. The molecule has 10 heteroatoms. The largest absolute Gasteiger partial charge is 0.492 e. The van der Waals surface area contributed by atoms with Gasteiger partial charge >= 0.3 is 6.18 Å². The van der Waals surface area contributed by atoms with E-state index < -0.39 is 22.4 Å². The summed E-state index contributed by atoms with van der Waals surface area (Å²) in [7, 11) is 0. The molecule has 0 bridgehead atoms. The molecule has 0 aliphatic carbocycles. The van der Waals surface area contributed by atoms with Crippen molar-refractivity contribution in [1.29, 1.82) is 0 Å². The summed E-state index contributed by atoms with van der Waals surface area (Å²) in [6.45, 7) is 1.35. The SMILES string of the molecule is O=C(NCCOc1ccccc1)C1CCN(c2ccc(C(F)(F)F)cc2[N+](=O)[O-])CC1. The molecule has 2 aromatic rings. The third-order valence-corrected chi connectivity index (χ3v) is 5.12. The van der Waals surface area contributed by atoms with E-state index >= 15 is 0 Å². The van der Waals surface area contributed by atoms with Crippen LogP contribution in [0.15, 0.2) is 48.5 Å². The zero-order valence-corrected chi connectivity index (χ0v) is 16.6. The molecule has 1 fully saturated rings. The van der Waals surface area contributed by atoms with Crippen molar-refractivity contribution >= 4 is 17.3 Å². The van der Waals surface area contributed by atoms with Crippen LogP contribution in [0.2, 0.25) is 0 Å². The van der Waals surface area contributed by atoms with Gasteiger partial charge in [-0.2, -0.15) is 13.2 Å². The lowest BCUT2D eigenvalue weighted by Gasteiger charge is -2.32. The van der Waals surface area contributed by atoms with Crippen LogP contribution in [-0.2, 0) is 11.0 Å². The van der Waals surface area contributed by atoms with Gasteiger partial charge in [-0.15, -0.1) is 0 Å². The average molecular weight is 437 g/mol. The highest BCUT2D eigenvalue weighted by Crippen LogP contribution is 2.37. The van der Waals surface area contributed by atoms with Gasteiger partial charge in [0.05, 0.1) is 17.0 Å². The number of amides is 1. The van der Waals surface area contributed by atoms with Gasteiger partial charge in [-0.25, -0.2) is 0 Å². The predicted octanol–water partition coefficient (Wildman–Crippen LogP) is 4.03. The molecule has 31 heavy (non-hydrogen) atoms. The van der Waals surface area contributed by atoms with Crippen LogP contribution in [0.3, 0.4) is 0 Å². The lowest BCUT2D eigenvalue weighted by molar-refractivity contribution is -0.384. The standard InChI is InChI=1S/C21H22F3N3O4/c22-21(23,24)16-6-7-18(19(14-16)27(29)30)26-11-8-15(9-12-26)20(28)25-10-13-31-17-4-2-1-3-5-17/h1-7,14-15H,8-13H2,(H,25,28). The van der Waals surface area contributed by atoms with Crippen molar-refractivity contribution in [2.45, 2.75) is 19.0 Å². The number of rotatable bonds is 7. The van der Waals surface area contributed by atoms with Crippen molar-refractivity contribution in [3.05, 3.63) is 64.2 Å². The van der Waals surface area contributed by atoms with E-state index in [0.29, 0.717) is 50.9 Å². The first-order chi connectivity index (χ1) is 14.8. The summed E-state index contributed by atoms with van der Waals surface area (Å²) in [6, 6.07) is 11.7. The van der Waals surface area contributed by atoms with Gasteiger partial charge in [0, 0.05) is 25.1 Å². The van der Waals surface area contributed by atoms with E-state index in [4.69, 9.17) is 4.74 Å². The van der Waals surface area contributed by atoms with Crippen LogP contribution in [0.4, 0.5) is 24.5 Å². The average Bonchev–Trinajstić information content (AvgIpc) is 2.76. The number of halogens is 3. The monoisotopic (exact) mass is 437 g/mol. The number of alkyl halides is 3. The van der Waals surface area contributed by atoms with Gasteiger partial charge in [-0.1, -0.05) is 18.2 Å². The predicted molar refractivity (Wildman–Crippen MR) is 108 cm³/mol. The molecule has 3 rings (SSSR count). The van der Waals surface area contributed by atoms with Gasteiger partial charge in [0.1, 0.15) is 18.0 Å². The lowest BCUT2D eigenvalue weighted by Crippen LogP contribution is -2.41. The zero-order chi connectivity index (χ0) is 22.4. The fraction of sp³-hybridized carbons (Fsp3) is 0.381. The molecule has 0 radical (unpaired) electrons. The number of hydrogen-bond acceptors (Lipinski definition) is 5. The van der Waals surface area contributed by atoms with Crippen LogP contribution in [0.1, 0.15) is 18.4 Å². The van der Waals surface area contributed by atoms with Gasteiger partial charge in [0.25, 0.3) is 5.69 Å². The Hall–Kier alpha value is -3.30. The highest BCUT2D eigenvalue weighted by atomic mass is 19.4. The Morgan fingerprint density at radius 1 is 1.16 bits per heavy atom. The second-order valence-electron chi connectivity index (χ2n) is 7.17. The van der Waals surface area contributed by atoms with Crippen molar-refractivity contribution in [2.24, 2.45) is 5.92 Å². The summed E-state index contributed by atoms with van der Waals surface area (Å²) >= 11 is 0. The number of anilines is 1. The Morgan fingerprint density at radius 3 is 2.45 bits per heavy atom. The topological polar surface area (TPSA) is 84.7 Å². The fourth-order valence-electron chi connectivity index (χ4n) is 3.50. The molecule has 1 saturated heterocycles. The van der Waals surface area contributed by atoms with E-state index in [-0.39, 0.29) is 17.5 Å². The molecule has 0 spiro atoms. The minimum absolute atomic E-state index is 0.127. The number of benzene rings is 2. The number of ether oxygens (including phenoxy) is 1. The van der Waals surface area contributed by atoms with Crippen LogP contribution in [0.5, 0.6) is 5.75 Å². The number of carbonyl (C=O) groups is 1. The van der Waals surface area contributed by atoms with Crippen LogP contribution >= 0.6 is 0 Å². The fourth-order valence-corrected chi connectivity index (χ4v) is 3.50. The lowest BCUT2D eigenvalue weighted by atomic mass is 9.95. The molecule has 7 nitrogen and oxygen atoms in total. The molecular formula is C21H22F3N3O4. The van der Waals surface area contributed by atoms with Crippen LogP contribution in [0.25, 0.3) is 0 Å². The number of nitrogens with one attached hydrogen (secondary N) is 1. The van der Waals surface area contributed by atoms with E-state index in [2.05, 4.69) is 5.32 Å². The molecule has 1 aliphatic rings. The molecule has 2 aromatic carbocycles. The number of nitro benzene ring substituents is 1. The van der Waals surface area contributed by atoms with E-state index in [1.54, 1.807) is 4.90 Å². The molecule has 166 valence electrons. The molecule has 0 atom stereocenters. The van der Waals surface area contributed by atoms with E-state index in [1.807, 2.05) is 30.3 Å². The molecule has 1 heterocycles. The summed E-state index contributed by atoms with van der Waals surface area (Å²) in [5.74, 6) is 0.322. The number of hydrogen-bond donors (Lipinski definition) is 1. The summed E-state index contributed by atoms with van der Waals surface area (Å²) in [5.41, 5.74) is -1.51. The van der Waals surface area contributed by atoms with E-state index in [1.165, 1.54) is 0 Å². The Labute approximate surface area is 177 Å². The zero-order valence-electron chi connectivity index (χ0n) is 16.6. The molecular weight excluding hydrogens is 415 g/mol. The number of nitrogens with zero attached hydrogens (tertiary/aromatic N) is 2. The third kappa shape index (κ3) is 5.87. The number of piperidine rings is 1. The van der Waals surface area contributed by atoms with E-state index in [9.17, 15) is 28.1 Å². The first-order valence-electron chi connectivity index (χ1n) is 9.82. The van der Waals surface area contributed by atoms with Crippen molar-refractivity contribution in [2.75, 3.05) is 31.1 Å². The van der Waals surface area contributed by atoms with Gasteiger partial charge < -0.3 is 15.0 Å². The van der Waals surface area contributed by atoms with Crippen molar-refractivity contribution in [1.82, 2.24) is 5.32 Å². The maximum atomic E-state index is 12.9. The Balaban J connectivity index is 1.52. The maximum Gasteiger partial charge on any atom is 0.416 e. The normalized spacial score (nSPS) is 14.9. The first-order valence-corrected chi connectivity index (χ1v) is 9.82. The minimum Gasteiger partial charge on any atom is -0.492 e. The summed E-state index contributed by atoms with van der Waals surface area (Å²) in [5, 5.41) is 14.1. The quantitative estimate of drug-likeness (QED) is 0.402. The number of carbonyl (C=O) groups excluding carboxylic acids is 1.